The van der Waals surface area contributed by atoms with Crippen molar-refractivity contribution in [1.82, 2.24) is 9.80 Å². The molecule has 162 valence electrons. The summed E-state index contributed by atoms with van der Waals surface area (Å²) in [6.07, 6.45) is 0. The highest BCUT2D eigenvalue weighted by Crippen LogP contribution is 2.39. The minimum absolute atomic E-state index is 0.00585. The molecule has 0 saturated carbocycles. The van der Waals surface area contributed by atoms with E-state index in [1.165, 1.54) is 11.8 Å². The zero-order valence-electron chi connectivity index (χ0n) is 17.5. The molecule has 2 aromatic carbocycles. The van der Waals surface area contributed by atoms with Crippen molar-refractivity contribution in [3.8, 4) is 5.75 Å². The number of rotatable bonds is 6. The number of amides is 1. The van der Waals surface area contributed by atoms with Crippen LogP contribution in [0.1, 0.15) is 24.1 Å². The maximum Gasteiger partial charge on any atom is 0.308 e. The molecule has 1 atom stereocenters. The molecule has 0 bridgehead atoms. The topological polar surface area (TPSA) is 87.1 Å². The number of Topliss-reactive ketones (excluding diaryl/α,β-unsaturated/α-hetero) is 1. The largest absolute Gasteiger partial charge is 0.507 e. The van der Waals surface area contributed by atoms with Gasteiger partial charge in [-0.1, -0.05) is 23.7 Å². The van der Waals surface area contributed by atoms with Crippen molar-refractivity contribution in [2.75, 3.05) is 27.2 Å². The number of aliphatic hydroxyl groups is 1. The molecule has 1 aliphatic rings. The van der Waals surface area contributed by atoms with Crippen LogP contribution in [0.5, 0.6) is 5.75 Å². The Hall–Kier alpha value is -3.16. The maximum absolute atomic E-state index is 12.9. The van der Waals surface area contributed by atoms with E-state index in [1.807, 2.05) is 19.0 Å². The van der Waals surface area contributed by atoms with Crippen LogP contribution in [-0.2, 0) is 14.4 Å². The fourth-order valence-corrected chi connectivity index (χ4v) is 3.54. The van der Waals surface area contributed by atoms with Gasteiger partial charge in [0.15, 0.2) is 0 Å². The molecular formula is C23H23ClN2O5. The molecular weight excluding hydrogens is 420 g/mol. The molecule has 0 spiro atoms. The highest BCUT2D eigenvalue weighted by atomic mass is 35.5. The van der Waals surface area contributed by atoms with Crippen LogP contribution in [0.25, 0.3) is 5.76 Å². The lowest BCUT2D eigenvalue weighted by atomic mass is 9.95. The van der Waals surface area contributed by atoms with Crippen molar-refractivity contribution in [3.05, 3.63) is 70.3 Å². The second-order valence-corrected chi connectivity index (χ2v) is 7.90. The molecule has 2 aromatic rings. The monoisotopic (exact) mass is 442 g/mol. The summed E-state index contributed by atoms with van der Waals surface area (Å²) in [6, 6.07) is 12.1. The molecule has 1 fully saturated rings. The van der Waals surface area contributed by atoms with Gasteiger partial charge in [0, 0.05) is 30.6 Å². The van der Waals surface area contributed by atoms with Crippen molar-refractivity contribution in [3.63, 3.8) is 0 Å². The smallest absolute Gasteiger partial charge is 0.308 e. The zero-order chi connectivity index (χ0) is 22.7. The second-order valence-electron chi connectivity index (χ2n) is 7.47. The van der Waals surface area contributed by atoms with Crippen LogP contribution in [0.3, 0.4) is 0 Å². The van der Waals surface area contributed by atoms with E-state index >= 15 is 0 Å². The number of hydrogen-bond acceptors (Lipinski definition) is 6. The molecule has 8 heteroatoms. The molecule has 7 nitrogen and oxygen atoms in total. The molecule has 1 heterocycles. The first-order valence-corrected chi connectivity index (χ1v) is 10.0. The predicted molar refractivity (Wildman–Crippen MR) is 117 cm³/mol. The van der Waals surface area contributed by atoms with E-state index in [2.05, 4.69) is 0 Å². The highest BCUT2D eigenvalue weighted by molar-refractivity contribution is 6.46. The van der Waals surface area contributed by atoms with Crippen molar-refractivity contribution in [2.45, 2.75) is 13.0 Å². The van der Waals surface area contributed by atoms with Gasteiger partial charge in [-0.3, -0.25) is 14.4 Å². The molecule has 1 N–H and O–H groups in total. The summed E-state index contributed by atoms with van der Waals surface area (Å²) in [5.41, 5.74) is 1.01. The van der Waals surface area contributed by atoms with Gasteiger partial charge in [-0.2, -0.15) is 0 Å². The van der Waals surface area contributed by atoms with Crippen molar-refractivity contribution in [2.24, 2.45) is 0 Å². The first-order valence-electron chi connectivity index (χ1n) is 9.66. The maximum atomic E-state index is 12.9. The summed E-state index contributed by atoms with van der Waals surface area (Å²) < 4.78 is 5.07. The number of likely N-dealkylation sites (tertiary alicyclic amines) is 1. The Bertz CT molecular complexity index is 1030. The van der Waals surface area contributed by atoms with Gasteiger partial charge in [0.1, 0.15) is 11.5 Å². The number of ether oxygens (including phenoxy) is 1. The van der Waals surface area contributed by atoms with Gasteiger partial charge in [-0.15, -0.1) is 0 Å². The number of halogens is 1. The number of carbonyl (C=O) groups is 3. The Labute approximate surface area is 185 Å². The molecule has 0 radical (unpaired) electrons. The summed E-state index contributed by atoms with van der Waals surface area (Å²) >= 11 is 5.93. The minimum Gasteiger partial charge on any atom is -0.507 e. The van der Waals surface area contributed by atoms with E-state index < -0.39 is 23.7 Å². The summed E-state index contributed by atoms with van der Waals surface area (Å²) in [5, 5.41) is 11.4. The molecule has 0 aliphatic carbocycles. The average Bonchev–Trinajstić information content (AvgIpc) is 2.97. The Morgan fingerprint density at radius 2 is 1.71 bits per heavy atom. The highest BCUT2D eigenvalue weighted by Gasteiger charge is 2.45. The normalized spacial score (nSPS) is 18.0. The Morgan fingerprint density at radius 3 is 2.26 bits per heavy atom. The zero-order valence-corrected chi connectivity index (χ0v) is 18.2. The standard InChI is InChI=1S/C23H23ClN2O5/c1-14(27)31-18-10-6-15(7-11-18)20-19(21(28)16-4-8-17(24)9-5-16)22(29)23(30)26(20)13-12-25(2)3/h4-11,20,28H,12-13H2,1-3H3/b21-19-. The number of benzene rings is 2. The molecule has 3 rings (SSSR count). The van der Waals surface area contributed by atoms with Crippen LogP contribution >= 0.6 is 11.6 Å². The molecule has 1 saturated heterocycles. The van der Waals surface area contributed by atoms with Gasteiger partial charge in [0.2, 0.25) is 0 Å². The number of hydrogen-bond donors (Lipinski definition) is 1. The number of nitrogens with zero attached hydrogens (tertiary/aromatic N) is 2. The number of likely N-dealkylation sites (N-methyl/N-ethyl adjacent to an activating group) is 1. The van der Waals surface area contributed by atoms with E-state index in [-0.39, 0.29) is 11.3 Å². The van der Waals surface area contributed by atoms with Crippen LogP contribution in [0.2, 0.25) is 5.02 Å². The third-order valence-electron chi connectivity index (χ3n) is 4.90. The van der Waals surface area contributed by atoms with Gasteiger partial charge in [-0.25, -0.2) is 0 Å². The summed E-state index contributed by atoms with van der Waals surface area (Å²) in [4.78, 5) is 40.3. The SMILES string of the molecule is CC(=O)Oc1ccc(C2/C(=C(/O)c3ccc(Cl)cc3)C(=O)C(=O)N2CCN(C)C)cc1. The molecule has 31 heavy (non-hydrogen) atoms. The van der Waals surface area contributed by atoms with Crippen LogP contribution in [-0.4, -0.2) is 59.8 Å². The first kappa shape index (κ1) is 22.5. The Kier molecular flexibility index (Phi) is 6.77. The third-order valence-corrected chi connectivity index (χ3v) is 5.16. The predicted octanol–water partition coefficient (Wildman–Crippen LogP) is 3.25. The van der Waals surface area contributed by atoms with Gasteiger partial charge in [0.05, 0.1) is 11.6 Å². The van der Waals surface area contributed by atoms with Crippen LogP contribution < -0.4 is 4.74 Å². The van der Waals surface area contributed by atoms with E-state index in [4.69, 9.17) is 16.3 Å². The third kappa shape index (κ3) is 4.95. The Morgan fingerprint density at radius 1 is 1.10 bits per heavy atom. The van der Waals surface area contributed by atoms with E-state index in [1.54, 1.807) is 48.5 Å². The molecule has 1 unspecified atom stereocenters. The van der Waals surface area contributed by atoms with Crippen molar-refractivity contribution >= 4 is 35.0 Å². The Balaban J connectivity index is 2.09. The lowest BCUT2D eigenvalue weighted by Gasteiger charge is -2.26. The molecule has 0 aromatic heterocycles. The lowest BCUT2D eigenvalue weighted by Crippen LogP contribution is -2.35. The van der Waals surface area contributed by atoms with Crippen molar-refractivity contribution < 1.29 is 24.2 Å². The van der Waals surface area contributed by atoms with Gasteiger partial charge in [-0.05, 0) is 56.1 Å². The average molecular weight is 443 g/mol. The molecule has 1 aliphatic heterocycles. The first-order chi connectivity index (χ1) is 14.7. The second kappa shape index (κ2) is 9.32. The summed E-state index contributed by atoms with van der Waals surface area (Å²) in [6.45, 7) is 2.14. The van der Waals surface area contributed by atoms with Crippen LogP contribution in [0.4, 0.5) is 0 Å². The van der Waals surface area contributed by atoms with E-state index in [0.29, 0.717) is 35.0 Å². The summed E-state index contributed by atoms with van der Waals surface area (Å²) in [5.74, 6) is -1.80. The van der Waals surface area contributed by atoms with Crippen LogP contribution in [0.15, 0.2) is 54.1 Å². The number of esters is 1. The fourth-order valence-electron chi connectivity index (χ4n) is 3.41. The lowest BCUT2D eigenvalue weighted by molar-refractivity contribution is -0.140. The molecule has 1 amide bonds. The van der Waals surface area contributed by atoms with Crippen LogP contribution in [0, 0.1) is 0 Å². The van der Waals surface area contributed by atoms with Gasteiger partial charge < -0.3 is 19.6 Å². The number of aliphatic hydroxyl groups excluding tert-OH is 1. The van der Waals surface area contributed by atoms with E-state index in [0.717, 1.165) is 0 Å². The minimum atomic E-state index is -0.776. The van der Waals surface area contributed by atoms with E-state index in [9.17, 15) is 19.5 Å². The van der Waals surface area contributed by atoms with Gasteiger partial charge >= 0.3 is 5.97 Å². The summed E-state index contributed by atoms with van der Waals surface area (Å²) in [7, 11) is 3.74. The fraction of sp³-hybridized carbons (Fsp3) is 0.261. The van der Waals surface area contributed by atoms with Gasteiger partial charge in [0.25, 0.3) is 11.7 Å². The number of ketones is 1. The quantitative estimate of drug-likeness (QED) is 0.243. The van der Waals surface area contributed by atoms with Crippen molar-refractivity contribution in [1.29, 1.82) is 0 Å². The number of carbonyl (C=O) groups excluding carboxylic acids is 3.